The standard InChI is InChI=1S/C35H35ClN6O5S.C30H27ClN6O3S/c1-35(2,3)47-34(44)39-24-15-13-23(14-16-24)32(43)41-19-17-25(18-20-41)38-33-37-21-29(36)31(40-33)28-22-42(30-12-8-7-11-27(28)30)48(45,46)26-9-5-4-6-10-26;31-26-18-33-30(34-22-14-16-36(17-15-22)29(38)20-10-12-21(32)13-11-20)35-28(26)25-19-37(27-9-5-4-8-24(25)27)41(39,40)23-6-2-1-3-7-23/h4-16,21-22,25H,17-20H2,1-3H3,(H,39,44)(H,37,38,40);1-13,18-19,22H,14-17,32H2,(H,33,34,35). The van der Waals surface area contributed by atoms with Gasteiger partial charge in [-0.05, 0) is 131 Å². The largest absolute Gasteiger partial charge is 0.444 e. The number of piperidine rings is 2. The molecule has 0 radical (unpaired) electrons. The normalized spacial score (nSPS) is 14.2. The maximum atomic E-state index is 13.6. The molecule has 6 heterocycles. The molecule has 2 aliphatic heterocycles. The number of nitrogens with zero attached hydrogens (tertiary/aromatic N) is 8. The van der Waals surface area contributed by atoms with E-state index in [1.54, 1.807) is 172 Å². The number of halogens is 2. The molecule has 24 heteroatoms. The summed E-state index contributed by atoms with van der Waals surface area (Å²) in [5.41, 5.74) is 10.4. The summed E-state index contributed by atoms with van der Waals surface area (Å²) in [5.74, 6) is 0.630. The van der Waals surface area contributed by atoms with Crippen molar-refractivity contribution in [2.45, 2.75) is 73.9 Å². The van der Waals surface area contributed by atoms with Crippen molar-refractivity contribution in [3.63, 3.8) is 0 Å². The Hall–Kier alpha value is -9.35. The average molecular weight is 1270 g/mol. The van der Waals surface area contributed by atoms with Gasteiger partial charge in [0.1, 0.15) is 5.60 Å². The summed E-state index contributed by atoms with van der Waals surface area (Å²) in [7, 11) is -7.74. The molecule has 10 aromatic rings. The summed E-state index contributed by atoms with van der Waals surface area (Å²) in [6.45, 7) is 7.60. The fourth-order valence-corrected chi connectivity index (χ4v) is 13.8. The van der Waals surface area contributed by atoms with Gasteiger partial charge in [0.05, 0.1) is 54.7 Å². The molecule has 89 heavy (non-hydrogen) atoms. The van der Waals surface area contributed by atoms with Gasteiger partial charge in [-0.25, -0.2) is 49.5 Å². The van der Waals surface area contributed by atoms with E-state index in [0.717, 1.165) is 12.8 Å². The van der Waals surface area contributed by atoms with Gasteiger partial charge in [-0.3, -0.25) is 14.9 Å². The summed E-state index contributed by atoms with van der Waals surface area (Å²) >= 11 is 13.2. The van der Waals surface area contributed by atoms with Gasteiger partial charge in [0.15, 0.2) is 0 Å². The number of hydrogen-bond donors (Lipinski definition) is 4. The second kappa shape index (κ2) is 25.8. The van der Waals surface area contributed by atoms with Crippen molar-refractivity contribution in [3.8, 4) is 22.5 Å². The number of nitrogens with one attached hydrogen (secondary N) is 3. The van der Waals surface area contributed by atoms with Crippen molar-refractivity contribution >= 4 is 106 Å². The first-order valence-electron chi connectivity index (χ1n) is 28.6. The smallest absolute Gasteiger partial charge is 0.412 e. The Balaban J connectivity index is 0.000000186. The predicted molar refractivity (Wildman–Crippen MR) is 346 cm³/mol. The van der Waals surface area contributed by atoms with Crippen LogP contribution in [0.25, 0.3) is 44.3 Å². The molecule has 0 aliphatic carbocycles. The molecule has 3 amide bonds. The van der Waals surface area contributed by atoms with E-state index >= 15 is 0 Å². The van der Waals surface area contributed by atoms with E-state index in [1.807, 2.05) is 29.2 Å². The Labute approximate surface area is 524 Å². The minimum Gasteiger partial charge on any atom is -0.444 e. The highest BCUT2D eigenvalue weighted by atomic mass is 35.5. The van der Waals surface area contributed by atoms with Crippen LogP contribution in [0, 0.1) is 0 Å². The summed E-state index contributed by atoms with van der Waals surface area (Å²) in [5, 5.41) is 11.4. The van der Waals surface area contributed by atoms with Crippen LogP contribution in [0.3, 0.4) is 0 Å². The lowest BCUT2D eigenvalue weighted by molar-refractivity contribution is 0.0634. The van der Waals surface area contributed by atoms with Gasteiger partial charge >= 0.3 is 6.09 Å². The highest BCUT2D eigenvalue weighted by Gasteiger charge is 2.29. The Bertz CT molecular complexity index is 4480. The van der Waals surface area contributed by atoms with Crippen molar-refractivity contribution in [1.82, 2.24) is 37.7 Å². The number of aromatic nitrogens is 6. The first-order valence-corrected chi connectivity index (χ1v) is 32.3. The summed E-state index contributed by atoms with van der Waals surface area (Å²) in [6.07, 6.45) is 8.35. The molecule has 2 saturated heterocycles. The summed E-state index contributed by atoms with van der Waals surface area (Å²) in [6, 6.07) is 44.7. The molecule has 20 nitrogen and oxygen atoms in total. The number of carbonyl (C=O) groups excluding carboxylic acids is 3. The highest BCUT2D eigenvalue weighted by molar-refractivity contribution is 7.90. The third-order valence-corrected chi connectivity index (χ3v) is 19.0. The van der Waals surface area contributed by atoms with Gasteiger partial charge in [-0.1, -0.05) is 96.0 Å². The van der Waals surface area contributed by atoms with Crippen molar-refractivity contribution in [2.75, 3.05) is 47.9 Å². The Kier molecular flexibility index (Phi) is 17.8. The van der Waals surface area contributed by atoms with Gasteiger partial charge in [-0.15, -0.1) is 0 Å². The van der Waals surface area contributed by atoms with Crippen molar-refractivity contribution in [3.05, 3.63) is 204 Å². The third kappa shape index (κ3) is 13.7. The van der Waals surface area contributed by atoms with Crippen LogP contribution in [-0.2, 0) is 24.8 Å². The molecule has 0 spiro atoms. The number of anilines is 4. The molecule has 5 N–H and O–H groups in total. The molecular weight excluding hydrogens is 1210 g/mol. The van der Waals surface area contributed by atoms with Gasteiger partial charge in [0.25, 0.3) is 31.9 Å². The molecule has 0 atom stereocenters. The van der Waals surface area contributed by atoms with Crippen LogP contribution in [0.2, 0.25) is 10.0 Å². The number of amides is 3. The lowest BCUT2D eigenvalue weighted by atomic mass is 10.0. The van der Waals surface area contributed by atoms with Crippen molar-refractivity contribution in [2.24, 2.45) is 0 Å². The number of benzene rings is 6. The van der Waals surface area contributed by atoms with E-state index in [1.165, 1.54) is 20.3 Å². The van der Waals surface area contributed by atoms with Gasteiger partial charge in [0.2, 0.25) is 11.9 Å². The number of likely N-dealkylation sites (tertiary alicyclic amines) is 2. The van der Waals surface area contributed by atoms with E-state index in [4.69, 9.17) is 43.6 Å². The van der Waals surface area contributed by atoms with Crippen LogP contribution in [0.15, 0.2) is 192 Å². The lowest BCUT2D eigenvalue weighted by Gasteiger charge is -2.32. The third-order valence-electron chi connectivity index (χ3n) is 15.1. The molecule has 2 aliphatic rings. The zero-order valence-electron chi connectivity index (χ0n) is 48.6. The number of carbonyl (C=O) groups is 3. The highest BCUT2D eigenvalue weighted by Crippen LogP contribution is 2.38. The maximum absolute atomic E-state index is 13.6. The van der Waals surface area contributed by atoms with E-state index < -0.39 is 31.7 Å². The van der Waals surface area contributed by atoms with Crippen molar-refractivity contribution < 1.29 is 36.0 Å². The molecule has 456 valence electrons. The second-order valence-corrected chi connectivity index (χ2v) is 26.8. The topological polar surface area (TPSA) is 259 Å². The molecule has 12 rings (SSSR count). The number of fused-ring (bicyclic) bond motifs is 2. The number of nitrogens with two attached hydrogens (primary N) is 1. The van der Waals surface area contributed by atoms with Gasteiger partial charge < -0.3 is 30.9 Å². The van der Waals surface area contributed by atoms with Crippen LogP contribution in [0.5, 0.6) is 0 Å². The van der Waals surface area contributed by atoms with Crippen LogP contribution in [-0.4, -0.2) is 116 Å². The maximum Gasteiger partial charge on any atom is 0.412 e. The minimum atomic E-state index is -3.88. The monoisotopic (exact) mass is 1270 g/mol. The van der Waals surface area contributed by atoms with Crippen molar-refractivity contribution in [1.29, 1.82) is 0 Å². The number of hydrogen-bond acceptors (Lipinski definition) is 15. The van der Waals surface area contributed by atoms with E-state index in [0.29, 0.717) is 123 Å². The molecule has 0 bridgehead atoms. The number of ether oxygens (including phenoxy) is 1. The summed E-state index contributed by atoms with van der Waals surface area (Å²) < 4.78 is 62.1. The number of rotatable bonds is 13. The van der Waals surface area contributed by atoms with Crippen LogP contribution >= 0.6 is 23.2 Å². The SMILES string of the molecule is CC(C)(C)OC(=O)Nc1ccc(C(=O)N2CCC(Nc3ncc(Cl)c(-c4cn(S(=O)(=O)c5ccccc5)c5ccccc45)n3)CC2)cc1.Nc1ccc(C(=O)N2CCC(Nc3ncc(Cl)c(-c4cn(S(=O)(=O)c5ccccc5)c5ccccc45)n3)CC2)cc1. The lowest BCUT2D eigenvalue weighted by Crippen LogP contribution is -2.42. The Morgan fingerprint density at radius 1 is 0.539 bits per heavy atom. The first kappa shape index (κ1) is 61.3. The minimum absolute atomic E-state index is 0.00304. The van der Waals surface area contributed by atoms with Crippen LogP contribution < -0.4 is 21.7 Å². The fraction of sp³-hybridized carbons (Fsp3) is 0.215. The average Bonchev–Trinajstić information content (AvgIpc) is 1.66. The number of para-hydroxylation sites is 2. The molecule has 6 aromatic carbocycles. The number of nitrogen functional groups attached to an aromatic ring is 1. The Morgan fingerprint density at radius 2 is 0.921 bits per heavy atom. The van der Waals surface area contributed by atoms with E-state index in [-0.39, 0.29) is 38.7 Å². The molecule has 0 unspecified atom stereocenters. The van der Waals surface area contributed by atoms with Crippen LogP contribution in [0.4, 0.5) is 28.1 Å². The van der Waals surface area contributed by atoms with Gasteiger partial charge in [0, 0.05) is 95.1 Å². The van der Waals surface area contributed by atoms with E-state index in [9.17, 15) is 31.2 Å². The van der Waals surface area contributed by atoms with E-state index in [2.05, 4.69) is 25.9 Å². The fourth-order valence-electron chi connectivity index (χ4n) is 10.7. The summed E-state index contributed by atoms with van der Waals surface area (Å²) in [4.78, 5) is 60.3. The molecule has 4 aromatic heterocycles. The predicted octanol–water partition coefficient (Wildman–Crippen LogP) is 12.3. The van der Waals surface area contributed by atoms with Crippen LogP contribution in [0.1, 0.15) is 67.2 Å². The molecule has 0 saturated carbocycles. The molecular formula is C65H62Cl2N12O8S2. The zero-order chi connectivity index (χ0) is 62.6. The Morgan fingerprint density at radius 3 is 1.33 bits per heavy atom. The first-order chi connectivity index (χ1) is 42.7. The zero-order valence-corrected chi connectivity index (χ0v) is 51.8. The quantitative estimate of drug-likeness (QED) is 0.0783. The van der Waals surface area contributed by atoms with Gasteiger partial charge in [-0.2, -0.15) is 0 Å². The molecule has 2 fully saturated rings. The second-order valence-electron chi connectivity index (χ2n) is 22.4.